The van der Waals surface area contributed by atoms with Gasteiger partial charge in [-0.2, -0.15) is 0 Å². The fourth-order valence-electron chi connectivity index (χ4n) is 11.7. The lowest BCUT2D eigenvalue weighted by Gasteiger charge is -2.21. The maximum absolute atomic E-state index is 13.1. The first-order valence-electron chi connectivity index (χ1n) is 39.7. The zero-order chi connectivity index (χ0) is 71.0. The zero-order valence-electron chi connectivity index (χ0n) is 63.0. The molecule has 0 aliphatic heterocycles. The number of aliphatic hydroxyl groups is 1. The maximum Gasteiger partial charge on any atom is 0.472 e. The number of rotatable bonds is 74. The third kappa shape index (κ3) is 69.2. The molecule has 0 heterocycles. The Labute approximate surface area is 588 Å². The Morgan fingerprint density at radius 2 is 0.500 bits per heavy atom. The molecule has 0 saturated carbocycles. The summed E-state index contributed by atoms with van der Waals surface area (Å²) in [5.74, 6) is 0.924. The highest BCUT2D eigenvalue weighted by Gasteiger charge is 2.30. The van der Waals surface area contributed by atoms with Crippen LogP contribution in [0.4, 0.5) is 0 Å². The molecular weight excluding hydrogens is 1260 g/mol. The highest BCUT2D eigenvalue weighted by atomic mass is 31.2. The van der Waals surface area contributed by atoms with Gasteiger partial charge in [0.15, 0.2) is 12.2 Å². The molecule has 3 N–H and O–H groups in total. The number of esters is 4. The Morgan fingerprint density at radius 3 is 0.740 bits per heavy atom. The number of hydrogen-bond acceptors (Lipinski definition) is 15. The number of aliphatic hydroxyl groups excluding tert-OH is 1. The molecule has 17 nitrogen and oxygen atoms in total. The van der Waals surface area contributed by atoms with E-state index in [1.54, 1.807) is 0 Å². The second-order valence-electron chi connectivity index (χ2n) is 29.4. The van der Waals surface area contributed by atoms with Crippen molar-refractivity contribution in [3.63, 3.8) is 0 Å². The zero-order valence-corrected chi connectivity index (χ0v) is 64.8. The molecule has 0 fully saturated rings. The van der Waals surface area contributed by atoms with E-state index in [1.165, 1.54) is 186 Å². The summed E-state index contributed by atoms with van der Waals surface area (Å²) in [4.78, 5) is 72.8. The third-order valence-corrected chi connectivity index (χ3v) is 20.1. The molecule has 0 aromatic carbocycles. The van der Waals surface area contributed by atoms with Crippen molar-refractivity contribution >= 4 is 39.5 Å². The molecule has 96 heavy (non-hydrogen) atoms. The number of phosphoric ester groups is 2. The van der Waals surface area contributed by atoms with Gasteiger partial charge in [-0.3, -0.25) is 37.3 Å². The molecule has 0 spiro atoms. The van der Waals surface area contributed by atoms with E-state index >= 15 is 0 Å². The van der Waals surface area contributed by atoms with Crippen LogP contribution in [0.2, 0.25) is 0 Å². The van der Waals surface area contributed by atoms with Crippen molar-refractivity contribution in [1.29, 1.82) is 0 Å². The van der Waals surface area contributed by atoms with Crippen LogP contribution in [0.3, 0.4) is 0 Å². The lowest BCUT2D eigenvalue weighted by molar-refractivity contribution is -0.161. The minimum absolute atomic E-state index is 0.105. The molecule has 6 atom stereocenters. The van der Waals surface area contributed by atoms with Crippen LogP contribution < -0.4 is 0 Å². The van der Waals surface area contributed by atoms with Crippen LogP contribution in [-0.4, -0.2) is 96.7 Å². The van der Waals surface area contributed by atoms with Crippen LogP contribution in [0.1, 0.15) is 389 Å². The molecule has 0 aliphatic carbocycles. The summed E-state index contributed by atoms with van der Waals surface area (Å²) in [5.41, 5.74) is 0. The molecule has 0 rings (SSSR count). The average Bonchev–Trinajstić information content (AvgIpc) is 2.22. The fourth-order valence-corrected chi connectivity index (χ4v) is 13.3. The van der Waals surface area contributed by atoms with Gasteiger partial charge in [0, 0.05) is 25.7 Å². The minimum Gasteiger partial charge on any atom is -0.462 e. The van der Waals surface area contributed by atoms with Crippen molar-refractivity contribution in [3.05, 3.63) is 0 Å². The summed E-state index contributed by atoms with van der Waals surface area (Å²) in [6.07, 6.45) is 51.5. The SMILES string of the molecule is CCC(C)CCCCCCCCCCCCC(=O)O[C@H](COC(=O)CCCCCCCCCCCC(C)C)COP(=O)(O)OCC(O)COP(=O)(O)OC[C@@H](COC(=O)CCCCCCCCC(C)C)OC(=O)CCCCCCCCCCCCCCCCCCCCC(C)C. The van der Waals surface area contributed by atoms with Crippen molar-refractivity contribution in [2.45, 2.75) is 408 Å². The van der Waals surface area contributed by atoms with Gasteiger partial charge in [-0.15, -0.1) is 0 Å². The van der Waals surface area contributed by atoms with E-state index in [-0.39, 0.29) is 25.7 Å². The molecule has 0 aromatic heterocycles. The van der Waals surface area contributed by atoms with Gasteiger partial charge in [-0.25, -0.2) is 9.13 Å². The fraction of sp³-hybridized carbons (Fsp3) is 0.948. The molecular formula is C77H150O17P2. The second kappa shape index (κ2) is 66.3. The minimum atomic E-state index is -4.96. The summed E-state index contributed by atoms with van der Waals surface area (Å²) < 4.78 is 68.5. The molecule has 4 unspecified atom stereocenters. The smallest absolute Gasteiger partial charge is 0.462 e. The van der Waals surface area contributed by atoms with Crippen LogP contribution in [0, 0.1) is 23.7 Å². The van der Waals surface area contributed by atoms with Crippen molar-refractivity contribution in [3.8, 4) is 0 Å². The van der Waals surface area contributed by atoms with E-state index in [4.69, 9.17) is 37.0 Å². The number of ether oxygens (including phenoxy) is 4. The summed E-state index contributed by atoms with van der Waals surface area (Å²) in [6.45, 7) is 14.2. The first-order valence-corrected chi connectivity index (χ1v) is 42.7. The Morgan fingerprint density at radius 1 is 0.292 bits per heavy atom. The van der Waals surface area contributed by atoms with Crippen LogP contribution in [0.5, 0.6) is 0 Å². The Hall–Kier alpha value is -1.94. The number of carbonyl (C=O) groups excluding carboxylic acids is 4. The monoisotopic (exact) mass is 1410 g/mol. The Bertz CT molecular complexity index is 1890. The lowest BCUT2D eigenvalue weighted by Crippen LogP contribution is -2.30. The second-order valence-corrected chi connectivity index (χ2v) is 32.3. The summed E-state index contributed by atoms with van der Waals surface area (Å²) in [6, 6.07) is 0. The quantitative estimate of drug-likeness (QED) is 0.0222. The Kier molecular flexibility index (Phi) is 65.0. The van der Waals surface area contributed by atoms with Crippen LogP contribution in [0.15, 0.2) is 0 Å². The van der Waals surface area contributed by atoms with Gasteiger partial charge >= 0.3 is 39.5 Å². The summed E-state index contributed by atoms with van der Waals surface area (Å²) >= 11 is 0. The van der Waals surface area contributed by atoms with Gasteiger partial charge in [0.05, 0.1) is 26.4 Å². The first-order chi connectivity index (χ1) is 46.1. The van der Waals surface area contributed by atoms with Crippen LogP contribution >= 0.6 is 15.6 Å². The Balaban J connectivity index is 5.18. The molecule has 0 saturated heterocycles. The molecule has 570 valence electrons. The maximum atomic E-state index is 13.1. The van der Waals surface area contributed by atoms with Gasteiger partial charge in [-0.05, 0) is 49.4 Å². The van der Waals surface area contributed by atoms with E-state index in [0.717, 1.165) is 114 Å². The van der Waals surface area contributed by atoms with Gasteiger partial charge in [0.2, 0.25) is 0 Å². The summed E-state index contributed by atoms with van der Waals surface area (Å²) in [7, 11) is -9.91. The van der Waals surface area contributed by atoms with Crippen molar-refractivity contribution in [2.24, 2.45) is 23.7 Å². The first kappa shape index (κ1) is 94.1. The molecule has 0 amide bonds. The molecule has 19 heteroatoms. The topological polar surface area (TPSA) is 237 Å². The highest BCUT2D eigenvalue weighted by molar-refractivity contribution is 7.47. The predicted molar refractivity (Wildman–Crippen MR) is 391 cm³/mol. The van der Waals surface area contributed by atoms with E-state index in [0.29, 0.717) is 31.6 Å². The van der Waals surface area contributed by atoms with E-state index in [2.05, 4.69) is 55.4 Å². The summed E-state index contributed by atoms with van der Waals surface area (Å²) in [5, 5.41) is 10.6. The number of hydrogen-bond donors (Lipinski definition) is 3. The third-order valence-electron chi connectivity index (χ3n) is 18.2. The van der Waals surface area contributed by atoms with Crippen molar-refractivity contribution in [2.75, 3.05) is 39.6 Å². The van der Waals surface area contributed by atoms with Gasteiger partial charge in [0.1, 0.15) is 19.3 Å². The van der Waals surface area contributed by atoms with Crippen molar-refractivity contribution < 1.29 is 80.2 Å². The molecule has 0 aliphatic rings. The van der Waals surface area contributed by atoms with Gasteiger partial charge in [-0.1, -0.05) is 338 Å². The van der Waals surface area contributed by atoms with Gasteiger partial charge in [0.25, 0.3) is 0 Å². The number of unbranched alkanes of at least 4 members (excludes halogenated alkanes) is 39. The molecule has 0 radical (unpaired) electrons. The van der Waals surface area contributed by atoms with E-state index < -0.39 is 97.5 Å². The number of phosphoric acid groups is 2. The van der Waals surface area contributed by atoms with E-state index in [9.17, 15) is 43.2 Å². The van der Waals surface area contributed by atoms with Crippen molar-refractivity contribution in [1.82, 2.24) is 0 Å². The average molecular weight is 1410 g/mol. The standard InChI is InChI=1S/C77H150O17P2/c1-9-70(8)56-48-40-31-25-20-21-27-34-44-52-60-77(82)93-72(63-87-74(79)57-49-41-32-28-22-24-30-38-46-54-68(4)5)65-91-95(83,84)89-61-71(78)62-90-96(85,86)92-66-73(64-88-75(80)58-50-42-36-35-39-47-55-69(6)7)94-76(81)59-51-43-33-26-19-17-15-13-11-10-12-14-16-18-23-29-37-45-53-67(2)3/h67-73,78H,9-66H2,1-8H3,(H,83,84)(H,85,86)/t70?,71?,72-,73-/m1/s1. The normalized spacial score (nSPS) is 14.4. The van der Waals surface area contributed by atoms with Crippen LogP contribution in [-0.2, 0) is 65.4 Å². The molecule has 0 bridgehead atoms. The van der Waals surface area contributed by atoms with Crippen LogP contribution in [0.25, 0.3) is 0 Å². The largest absolute Gasteiger partial charge is 0.472 e. The highest BCUT2D eigenvalue weighted by Crippen LogP contribution is 2.45. The van der Waals surface area contributed by atoms with E-state index in [1.807, 2.05) is 0 Å². The predicted octanol–water partition coefficient (Wildman–Crippen LogP) is 22.4. The van der Waals surface area contributed by atoms with Gasteiger partial charge < -0.3 is 33.8 Å². The number of carbonyl (C=O) groups is 4. The lowest BCUT2D eigenvalue weighted by atomic mass is 9.99. The molecule has 0 aromatic rings.